The third-order valence-corrected chi connectivity index (χ3v) is 1.61. The van der Waals surface area contributed by atoms with E-state index in [1.165, 1.54) is 0 Å². The average Bonchev–Trinajstić information content (AvgIpc) is 2.06. The molecular weight excluding hydrogens is 152 g/mol. The van der Waals surface area contributed by atoms with E-state index in [0.29, 0.717) is 5.52 Å². The summed E-state index contributed by atoms with van der Waals surface area (Å²) in [4.78, 5) is 4.03. The van der Waals surface area contributed by atoms with Crippen LogP contribution in [-0.4, -0.2) is 47.8 Å². The van der Waals surface area contributed by atoms with Gasteiger partial charge in [-0.2, -0.15) is 0 Å². The van der Waals surface area contributed by atoms with Crippen molar-refractivity contribution in [1.29, 1.82) is 0 Å². The zero-order valence-electron chi connectivity index (χ0n) is 5.86. The van der Waals surface area contributed by atoms with Crippen LogP contribution in [0.1, 0.15) is 0 Å². The van der Waals surface area contributed by atoms with Crippen LogP contribution < -0.4 is 0 Å². The van der Waals surface area contributed by atoms with Crippen molar-refractivity contribution in [2.75, 3.05) is 0 Å². The van der Waals surface area contributed by atoms with Crippen LogP contribution in [0.25, 0.3) is 10.9 Å². The number of hydrogen-bond acceptors (Lipinski definition) is 2. The van der Waals surface area contributed by atoms with Gasteiger partial charge in [-0.25, -0.2) is 0 Å². The van der Waals surface area contributed by atoms with Gasteiger partial charge in [0.05, 0.1) is 0 Å². The summed E-state index contributed by atoms with van der Waals surface area (Å²) in [5.41, 5.74) is 0.662. The molecule has 1 heterocycles. The summed E-state index contributed by atoms with van der Waals surface area (Å²) < 4.78 is 0. The number of phenolic OH excluding ortho intramolecular Hbond substituents is 1. The topological polar surface area (TPSA) is 33.1 Å². The Morgan fingerprint density at radius 1 is 1.00 bits per heavy atom. The monoisotopic (exact) mass is 161 g/mol. The number of benzene rings is 1. The van der Waals surface area contributed by atoms with Gasteiger partial charge in [0.1, 0.15) is 11.3 Å². The number of hydrogen-bond donors (Lipinski definition) is 1. The molecule has 4 heteroatoms. The molecule has 0 radical (unpaired) electrons. The first-order valence-electron chi connectivity index (χ1n) is 3.40. The quantitative estimate of drug-likeness (QED) is 0.575. The zero-order chi connectivity index (χ0) is 7.68. The molecule has 1 aromatic carbocycles. The Balaban J connectivity index is 0.000000720. The number of fused-ring (bicyclic) bond motifs is 1. The second-order valence-electron chi connectivity index (χ2n) is 2.35. The first-order chi connectivity index (χ1) is 5.38. The number of pyridine rings is 1. The van der Waals surface area contributed by atoms with Crippen molar-refractivity contribution in [3.63, 3.8) is 0 Å². The zero-order valence-corrected chi connectivity index (χ0v) is 5.86. The maximum atomic E-state index is 9.31. The maximum absolute atomic E-state index is 9.31. The molecule has 0 aliphatic rings. The van der Waals surface area contributed by atoms with Gasteiger partial charge in [0.2, 0.25) is 0 Å². The van der Waals surface area contributed by atoms with E-state index >= 15 is 0 Å². The molecule has 0 saturated carbocycles. The van der Waals surface area contributed by atoms with Crippen molar-refractivity contribution in [2.45, 2.75) is 0 Å². The number of nitrogens with zero attached hydrogens (tertiary/aromatic N) is 1. The van der Waals surface area contributed by atoms with Gasteiger partial charge < -0.3 is 5.11 Å². The Labute approximate surface area is 101 Å². The van der Waals surface area contributed by atoms with Crippen LogP contribution in [0.4, 0.5) is 0 Å². The Morgan fingerprint density at radius 2 is 1.69 bits per heavy atom. The molecular formula is C9H9Li2NO. The molecule has 0 aliphatic heterocycles. The Kier molecular flexibility index (Phi) is 5.22. The van der Waals surface area contributed by atoms with E-state index in [-0.39, 0.29) is 43.5 Å². The summed E-state index contributed by atoms with van der Waals surface area (Å²) in [6, 6.07) is 9.13. The third-order valence-electron chi connectivity index (χ3n) is 1.61. The SMILES string of the molecule is Oc1cccc2cccnc12.[LiH].[LiH]. The predicted octanol–water partition coefficient (Wildman–Crippen LogP) is 0.643. The third kappa shape index (κ3) is 2.53. The van der Waals surface area contributed by atoms with Crippen molar-refractivity contribution in [3.8, 4) is 5.75 Å². The molecule has 0 amide bonds. The van der Waals surface area contributed by atoms with Crippen LogP contribution in [0.5, 0.6) is 5.75 Å². The number of aromatic nitrogens is 1. The molecule has 0 bridgehead atoms. The second-order valence-corrected chi connectivity index (χ2v) is 2.35. The van der Waals surface area contributed by atoms with Crippen molar-refractivity contribution in [3.05, 3.63) is 36.5 Å². The second kappa shape index (κ2) is 5.38. The fraction of sp³-hybridized carbons (Fsp3) is 0. The fourth-order valence-electron chi connectivity index (χ4n) is 1.09. The standard InChI is InChI=1S/C9H7NO.2Li.2H/c11-8-5-1-3-7-4-2-6-10-9(7)8;;;;/h1-6,11H;;;;. The summed E-state index contributed by atoms with van der Waals surface area (Å²) >= 11 is 0. The van der Waals surface area contributed by atoms with Gasteiger partial charge in [-0.1, -0.05) is 18.2 Å². The van der Waals surface area contributed by atoms with E-state index in [1.807, 2.05) is 18.2 Å². The van der Waals surface area contributed by atoms with Crippen molar-refractivity contribution >= 4 is 48.6 Å². The molecule has 2 rings (SSSR count). The molecule has 0 unspecified atom stereocenters. The predicted molar refractivity (Wildman–Crippen MR) is 57.7 cm³/mol. The number of phenols is 1. The minimum absolute atomic E-state index is 0. The fourth-order valence-corrected chi connectivity index (χ4v) is 1.09. The van der Waals surface area contributed by atoms with E-state index in [1.54, 1.807) is 18.3 Å². The van der Waals surface area contributed by atoms with E-state index in [9.17, 15) is 5.11 Å². The van der Waals surface area contributed by atoms with Crippen molar-refractivity contribution in [1.82, 2.24) is 4.98 Å². The van der Waals surface area contributed by atoms with E-state index in [2.05, 4.69) is 4.98 Å². The van der Waals surface area contributed by atoms with E-state index < -0.39 is 0 Å². The van der Waals surface area contributed by atoms with Crippen LogP contribution in [0.3, 0.4) is 0 Å². The molecule has 1 aromatic heterocycles. The van der Waals surface area contributed by atoms with E-state index in [4.69, 9.17) is 0 Å². The Bertz CT molecular complexity index is 387. The molecule has 0 saturated heterocycles. The Morgan fingerprint density at radius 3 is 2.38 bits per heavy atom. The Hall–Kier alpha value is -0.375. The van der Waals surface area contributed by atoms with Crippen LogP contribution in [-0.2, 0) is 0 Å². The average molecular weight is 161 g/mol. The molecule has 1 N–H and O–H groups in total. The minimum atomic E-state index is 0. The summed E-state index contributed by atoms with van der Waals surface area (Å²) in [5.74, 6) is 0.239. The molecule has 0 aliphatic carbocycles. The van der Waals surface area contributed by atoms with Gasteiger partial charge in [-0.3, -0.25) is 4.98 Å². The molecule has 0 atom stereocenters. The summed E-state index contributed by atoms with van der Waals surface area (Å²) in [5, 5.41) is 10.3. The molecule has 0 spiro atoms. The van der Waals surface area contributed by atoms with Crippen molar-refractivity contribution in [2.24, 2.45) is 0 Å². The van der Waals surface area contributed by atoms with Crippen LogP contribution in [0.2, 0.25) is 0 Å². The van der Waals surface area contributed by atoms with Crippen LogP contribution in [0, 0.1) is 0 Å². The first-order valence-corrected chi connectivity index (χ1v) is 3.40. The van der Waals surface area contributed by atoms with Gasteiger partial charge in [0.15, 0.2) is 0 Å². The normalized spacial score (nSPS) is 8.62. The van der Waals surface area contributed by atoms with Gasteiger partial charge in [-0.15, -0.1) is 0 Å². The molecule has 58 valence electrons. The van der Waals surface area contributed by atoms with Crippen LogP contribution >= 0.6 is 0 Å². The van der Waals surface area contributed by atoms with Gasteiger partial charge >= 0.3 is 37.7 Å². The number of para-hydroxylation sites is 1. The van der Waals surface area contributed by atoms with Gasteiger partial charge in [0, 0.05) is 11.6 Å². The molecule has 0 fully saturated rings. The summed E-state index contributed by atoms with van der Waals surface area (Å²) in [6.07, 6.45) is 1.67. The first kappa shape index (κ1) is 12.6. The van der Waals surface area contributed by atoms with Gasteiger partial charge in [-0.05, 0) is 12.1 Å². The molecule has 2 aromatic rings. The molecule has 13 heavy (non-hydrogen) atoms. The summed E-state index contributed by atoms with van der Waals surface area (Å²) in [6.45, 7) is 0. The van der Waals surface area contributed by atoms with Crippen molar-refractivity contribution < 1.29 is 5.11 Å². The summed E-state index contributed by atoms with van der Waals surface area (Å²) in [7, 11) is 0. The van der Waals surface area contributed by atoms with Gasteiger partial charge in [0.25, 0.3) is 0 Å². The van der Waals surface area contributed by atoms with Crippen LogP contribution in [0.15, 0.2) is 36.5 Å². The molecule has 2 nitrogen and oxygen atoms in total. The number of aromatic hydroxyl groups is 1. The van der Waals surface area contributed by atoms with E-state index in [0.717, 1.165) is 5.39 Å². The number of rotatable bonds is 0.